The van der Waals surface area contributed by atoms with Crippen molar-refractivity contribution in [2.45, 2.75) is 19.3 Å². The topological polar surface area (TPSA) is 0 Å². The van der Waals surface area contributed by atoms with Crippen LogP contribution in [0, 0.1) is 0 Å². The molecule has 0 radical (unpaired) electrons. The molecule has 0 saturated heterocycles. The number of alkyl halides is 1. The van der Waals surface area contributed by atoms with Gasteiger partial charge in [-0.25, -0.2) is 0 Å². The Hall–Kier alpha value is 0.280. The molecule has 0 amide bonds. The maximum absolute atomic E-state index is 5.91. The van der Waals surface area contributed by atoms with E-state index in [1.807, 2.05) is 18.2 Å². The standard InChI is InChI=1S/C10H11BrCl2/c1-7(4-5-11)8-2-3-9(12)10(13)6-8/h2-3,6-7H,4-5H2,1H3. The van der Waals surface area contributed by atoms with E-state index >= 15 is 0 Å². The third-order valence-corrected chi connectivity index (χ3v) is 3.25. The molecule has 0 aromatic heterocycles. The van der Waals surface area contributed by atoms with Crippen molar-refractivity contribution >= 4 is 39.1 Å². The summed E-state index contributed by atoms with van der Waals surface area (Å²) < 4.78 is 0. The molecule has 0 fully saturated rings. The minimum absolute atomic E-state index is 0.522. The summed E-state index contributed by atoms with van der Waals surface area (Å²) in [5.41, 5.74) is 1.24. The van der Waals surface area contributed by atoms with E-state index in [2.05, 4.69) is 22.9 Å². The van der Waals surface area contributed by atoms with Gasteiger partial charge in [-0.3, -0.25) is 0 Å². The summed E-state index contributed by atoms with van der Waals surface area (Å²) in [5.74, 6) is 0.522. The van der Waals surface area contributed by atoms with E-state index in [4.69, 9.17) is 23.2 Å². The maximum Gasteiger partial charge on any atom is 0.0595 e. The molecule has 0 saturated carbocycles. The molecule has 1 aromatic carbocycles. The molecule has 1 rings (SSSR count). The molecule has 0 bridgehead atoms. The van der Waals surface area contributed by atoms with Crippen LogP contribution in [0.5, 0.6) is 0 Å². The lowest BCUT2D eigenvalue weighted by atomic mass is 9.99. The Morgan fingerprint density at radius 3 is 2.54 bits per heavy atom. The molecule has 0 aliphatic rings. The van der Waals surface area contributed by atoms with Crippen molar-refractivity contribution in [3.63, 3.8) is 0 Å². The average Bonchev–Trinajstić information content (AvgIpc) is 2.10. The van der Waals surface area contributed by atoms with Gasteiger partial charge in [-0.15, -0.1) is 0 Å². The fraction of sp³-hybridized carbons (Fsp3) is 0.400. The van der Waals surface area contributed by atoms with E-state index in [1.165, 1.54) is 5.56 Å². The van der Waals surface area contributed by atoms with Crippen LogP contribution in [0.1, 0.15) is 24.8 Å². The van der Waals surface area contributed by atoms with Crippen LogP contribution in [0.3, 0.4) is 0 Å². The lowest BCUT2D eigenvalue weighted by Gasteiger charge is -2.10. The van der Waals surface area contributed by atoms with Crippen LogP contribution in [-0.2, 0) is 0 Å². The van der Waals surface area contributed by atoms with Crippen LogP contribution < -0.4 is 0 Å². The van der Waals surface area contributed by atoms with E-state index < -0.39 is 0 Å². The first-order chi connectivity index (χ1) is 6.15. The zero-order chi connectivity index (χ0) is 9.84. The third kappa shape index (κ3) is 3.16. The van der Waals surface area contributed by atoms with Crippen LogP contribution >= 0.6 is 39.1 Å². The normalized spacial score (nSPS) is 12.9. The van der Waals surface area contributed by atoms with Gasteiger partial charge in [0.05, 0.1) is 10.0 Å². The van der Waals surface area contributed by atoms with Crippen LogP contribution in [0.4, 0.5) is 0 Å². The minimum Gasteiger partial charge on any atom is -0.0928 e. The Balaban J connectivity index is 2.84. The van der Waals surface area contributed by atoms with Gasteiger partial charge in [0.2, 0.25) is 0 Å². The third-order valence-electron chi connectivity index (χ3n) is 2.05. The molecule has 0 aliphatic carbocycles. The minimum atomic E-state index is 0.522. The highest BCUT2D eigenvalue weighted by molar-refractivity contribution is 9.09. The highest BCUT2D eigenvalue weighted by Gasteiger charge is 2.06. The van der Waals surface area contributed by atoms with Crippen molar-refractivity contribution in [2.24, 2.45) is 0 Å². The molecule has 0 N–H and O–H groups in total. The fourth-order valence-electron chi connectivity index (χ4n) is 1.15. The molecule has 1 aromatic rings. The zero-order valence-corrected chi connectivity index (χ0v) is 10.5. The van der Waals surface area contributed by atoms with Crippen molar-refractivity contribution < 1.29 is 0 Å². The highest BCUT2D eigenvalue weighted by atomic mass is 79.9. The van der Waals surface area contributed by atoms with Crippen molar-refractivity contribution in [2.75, 3.05) is 5.33 Å². The number of halogens is 3. The molecule has 0 nitrogen and oxygen atoms in total. The second-order valence-corrected chi connectivity index (χ2v) is 4.66. The molecule has 0 aliphatic heterocycles. The van der Waals surface area contributed by atoms with Gasteiger partial charge in [0.1, 0.15) is 0 Å². The average molecular weight is 282 g/mol. The molecular weight excluding hydrogens is 271 g/mol. The van der Waals surface area contributed by atoms with E-state index in [0.29, 0.717) is 16.0 Å². The molecule has 0 heterocycles. The Labute approximate surface area is 97.4 Å². The van der Waals surface area contributed by atoms with Crippen molar-refractivity contribution in [3.05, 3.63) is 33.8 Å². The van der Waals surface area contributed by atoms with Crippen LogP contribution in [0.15, 0.2) is 18.2 Å². The van der Waals surface area contributed by atoms with Crippen molar-refractivity contribution in [3.8, 4) is 0 Å². The van der Waals surface area contributed by atoms with Gasteiger partial charge in [-0.05, 0) is 30.0 Å². The Morgan fingerprint density at radius 2 is 2.00 bits per heavy atom. The highest BCUT2D eigenvalue weighted by Crippen LogP contribution is 2.27. The van der Waals surface area contributed by atoms with E-state index in [9.17, 15) is 0 Å². The zero-order valence-electron chi connectivity index (χ0n) is 7.36. The Morgan fingerprint density at radius 1 is 1.31 bits per heavy atom. The van der Waals surface area contributed by atoms with Crippen LogP contribution in [0.25, 0.3) is 0 Å². The van der Waals surface area contributed by atoms with Crippen LogP contribution in [-0.4, -0.2) is 5.33 Å². The lowest BCUT2D eigenvalue weighted by molar-refractivity contribution is 0.744. The molecular formula is C10H11BrCl2. The van der Waals surface area contributed by atoms with E-state index in [1.54, 1.807) is 0 Å². The first-order valence-electron chi connectivity index (χ1n) is 4.16. The summed E-state index contributed by atoms with van der Waals surface area (Å²) in [7, 11) is 0. The fourth-order valence-corrected chi connectivity index (χ4v) is 2.14. The van der Waals surface area contributed by atoms with Gasteiger partial charge in [-0.2, -0.15) is 0 Å². The second-order valence-electron chi connectivity index (χ2n) is 3.05. The second kappa shape index (κ2) is 5.23. The molecule has 0 spiro atoms. The SMILES string of the molecule is CC(CCBr)c1ccc(Cl)c(Cl)c1. The molecule has 72 valence electrons. The summed E-state index contributed by atoms with van der Waals surface area (Å²) in [6.45, 7) is 2.18. The van der Waals surface area contributed by atoms with Crippen molar-refractivity contribution in [1.29, 1.82) is 0 Å². The van der Waals surface area contributed by atoms with E-state index in [-0.39, 0.29) is 0 Å². The number of benzene rings is 1. The number of rotatable bonds is 3. The quantitative estimate of drug-likeness (QED) is 0.693. The summed E-state index contributed by atoms with van der Waals surface area (Å²) in [5, 5.41) is 2.27. The molecule has 13 heavy (non-hydrogen) atoms. The molecule has 3 heteroatoms. The largest absolute Gasteiger partial charge is 0.0928 e. The van der Waals surface area contributed by atoms with Gasteiger partial charge in [0.25, 0.3) is 0 Å². The van der Waals surface area contributed by atoms with Gasteiger partial charge >= 0.3 is 0 Å². The monoisotopic (exact) mass is 280 g/mol. The Bertz CT molecular complexity index is 286. The van der Waals surface area contributed by atoms with Gasteiger partial charge in [0.15, 0.2) is 0 Å². The Kier molecular flexibility index (Phi) is 4.57. The van der Waals surface area contributed by atoms with Crippen LogP contribution in [0.2, 0.25) is 10.0 Å². The lowest BCUT2D eigenvalue weighted by Crippen LogP contribution is -1.93. The summed E-state index contributed by atoms with van der Waals surface area (Å²) in [4.78, 5) is 0. The van der Waals surface area contributed by atoms with Gasteiger partial charge < -0.3 is 0 Å². The maximum atomic E-state index is 5.91. The predicted octanol–water partition coefficient (Wildman–Crippen LogP) is 4.88. The first kappa shape index (κ1) is 11.4. The van der Waals surface area contributed by atoms with Crippen molar-refractivity contribution in [1.82, 2.24) is 0 Å². The van der Waals surface area contributed by atoms with E-state index in [0.717, 1.165) is 11.8 Å². The van der Waals surface area contributed by atoms with Gasteiger partial charge in [-0.1, -0.05) is 52.1 Å². The van der Waals surface area contributed by atoms with Gasteiger partial charge in [0, 0.05) is 5.33 Å². The number of hydrogen-bond acceptors (Lipinski definition) is 0. The predicted molar refractivity (Wildman–Crippen MR) is 63.3 cm³/mol. The first-order valence-corrected chi connectivity index (χ1v) is 6.03. The number of hydrogen-bond donors (Lipinski definition) is 0. The summed E-state index contributed by atoms with van der Waals surface area (Å²) in [6.07, 6.45) is 1.11. The summed E-state index contributed by atoms with van der Waals surface area (Å²) >= 11 is 15.2. The molecule has 1 unspecified atom stereocenters. The molecule has 1 atom stereocenters. The smallest absolute Gasteiger partial charge is 0.0595 e. The summed E-state index contributed by atoms with van der Waals surface area (Å²) in [6, 6.07) is 5.82.